The second-order valence-corrected chi connectivity index (χ2v) is 6.34. The molecule has 114 valence electrons. The summed E-state index contributed by atoms with van der Waals surface area (Å²) in [7, 11) is 2.09. The van der Waals surface area contributed by atoms with Crippen molar-refractivity contribution in [3.05, 3.63) is 40.7 Å². The molecule has 0 radical (unpaired) electrons. The molecule has 0 spiro atoms. The predicted octanol–water partition coefficient (Wildman–Crippen LogP) is 3.54. The van der Waals surface area contributed by atoms with Crippen LogP contribution in [0.25, 0.3) is 0 Å². The number of nitrogens with one attached hydrogen (secondary N) is 1. The summed E-state index contributed by atoms with van der Waals surface area (Å²) < 4.78 is 0. The fourth-order valence-electron chi connectivity index (χ4n) is 2.24. The third-order valence-electron chi connectivity index (χ3n) is 3.41. The largest absolute Gasteiger partial charge is 0.347 e. The molecule has 2 aromatic heterocycles. The molecule has 0 aromatic carbocycles. The van der Waals surface area contributed by atoms with Gasteiger partial charge in [-0.2, -0.15) is 0 Å². The number of thiazole rings is 1. The molecule has 0 aliphatic heterocycles. The number of anilines is 1. The monoisotopic (exact) mass is 304 g/mol. The Bertz CT molecular complexity index is 553. The van der Waals surface area contributed by atoms with Crippen molar-refractivity contribution in [3.63, 3.8) is 0 Å². The zero-order valence-electron chi connectivity index (χ0n) is 13.3. The van der Waals surface area contributed by atoms with Crippen LogP contribution in [-0.2, 0) is 6.54 Å². The Hall–Kier alpha value is -1.46. The number of aryl methyl sites for hydroxylation is 1. The van der Waals surface area contributed by atoms with Gasteiger partial charge < -0.3 is 10.2 Å². The summed E-state index contributed by atoms with van der Waals surface area (Å²) >= 11 is 1.78. The highest BCUT2D eigenvalue weighted by molar-refractivity contribution is 7.15. The molecule has 0 saturated heterocycles. The summed E-state index contributed by atoms with van der Waals surface area (Å²) in [4.78, 5) is 12.3. The van der Waals surface area contributed by atoms with Crippen LogP contribution >= 0.6 is 11.3 Å². The van der Waals surface area contributed by atoms with Gasteiger partial charge >= 0.3 is 0 Å². The smallest absolute Gasteiger partial charge is 0.185 e. The average Bonchev–Trinajstić information content (AvgIpc) is 2.88. The third-order valence-corrected chi connectivity index (χ3v) is 4.87. The molecule has 0 bridgehead atoms. The highest BCUT2D eigenvalue weighted by atomic mass is 32.1. The average molecular weight is 304 g/mol. The van der Waals surface area contributed by atoms with Gasteiger partial charge in [0.15, 0.2) is 5.13 Å². The zero-order chi connectivity index (χ0) is 15.2. The molecule has 2 aromatic rings. The number of aromatic nitrogens is 2. The van der Waals surface area contributed by atoms with Crippen molar-refractivity contribution in [2.24, 2.45) is 0 Å². The molecule has 0 aliphatic carbocycles. The van der Waals surface area contributed by atoms with Crippen LogP contribution in [0.4, 0.5) is 5.13 Å². The maximum Gasteiger partial charge on any atom is 0.185 e. The van der Waals surface area contributed by atoms with Crippen molar-refractivity contribution >= 4 is 16.5 Å². The summed E-state index contributed by atoms with van der Waals surface area (Å²) in [5, 5.41) is 4.61. The first-order valence-electron chi connectivity index (χ1n) is 7.42. The summed E-state index contributed by atoms with van der Waals surface area (Å²) in [6, 6.07) is 4.46. The minimum Gasteiger partial charge on any atom is -0.347 e. The Kier molecular flexibility index (Phi) is 5.70. The van der Waals surface area contributed by atoms with Gasteiger partial charge in [-0.1, -0.05) is 6.92 Å². The van der Waals surface area contributed by atoms with Crippen LogP contribution in [0.3, 0.4) is 0 Å². The molecule has 21 heavy (non-hydrogen) atoms. The lowest BCUT2D eigenvalue weighted by molar-refractivity contribution is 0.575. The first-order valence-corrected chi connectivity index (χ1v) is 8.24. The van der Waals surface area contributed by atoms with Crippen molar-refractivity contribution in [2.75, 3.05) is 18.5 Å². The molecule has 1 N–H and O–H groups in total. The lowest BCUT2D eigenvalue weighted by Gasteiger charge is -2.15. The predicted molar refractivity (Wildman–Crippen MR) is 89.9 cm³/mol. The maximum absolute atomic E-state index is 4.72. The first kappa shape index (κ1) is 15.9. The molecule has 0 fully saturated rings. The van der Waals surface area contributed by atoms with E-state index in [1.165, 1.54) is 10.4 Å². The van der Waals surface area contributed by atoms with Crippen LogP contribution in [0, 0.1) is 6.92 Å². The van der Waals surface area contributed by atoms with E-state index < -0.39 is 0 Å². The van der Waals surface area contributed by atoms with Gasteiger partial charge in [0.25, 0.3) is 0 Å². The summed E-state index contributed by atoms with van der Waals surface area (Å²) in [6.07, 6.45) is 4.81. The molecule has 0 aliphatic rings. The van der Waals surface area contributed by atoms with Crippen LogP contribution in [-0.4, -0.2) is 23.6 Å². The molecule has 4 nitrogen and oxygen atoms in total. The Labute approximate surface area is 131 Å². The van der Waals surface area contributed by atoms with Gasteiger partial charge in [0.2, 0.25) is 0 Å². The van der Waals surface area contributed by atoms with E-state index in [0.717, 1.165) is 30.3 Å². The second kappa shape index (κ2) is 7.52. The van der Waals surface area contributed by atoms with E-state index in [-0.39, 0.29) is 0 Å². The molecular weight excluding hydrogens is 280 g/mol. The van der Waals surface area contributed by atoms with Crippen LogP contribution < -0.4 is 10.2 Å². The van der Waals surface area contributed by atoms with Crippen molar-refractivity contribution < 1.29 is 0 Å². The molecule has 1 atom stereocenters. The molecular formula is C16H24N4S. The molecule has 0 saturated carbocycles. The number of hydrogen-bond donors (Lipinski definition) is 1. The van der Waals surface area contributed by atoms with Gasteiger partial charge in [0.05, 0.1) is 5.69 Å². The van der Waals surface area contributed by atoms with Gasteiger partial charge in [-0.05, 0) is 44.5 Å². The first-order chi connectivity index (χ1) is 10.1. The summed E-state index contributed by atoms with van der Waals surface area (Å²) in [6.45, 7) is 8.39. The zero-order valence-corrected chi connectivity index (χ0v) is 14.1. The minimum absolute atomic E-state index is 0.366. The molecule has 5 heteroatoms. The minimum atomic E-state index is 0.366. The van der Waals surface area contributed by atoms with E-state index in [4.69, 9.17) is 4.98 Å². The second-order valence-electron chi connectivity index (χ2n) is 5.33. The van der Waals surface area contributed by atoms with Gasteiger partial charge in [-0.15, -0.1) is 11.3 Å². The molecule has 2 rings (SSSR count). The highest BCUT2D eigenvalue weighted by Gasteiger charge is 2.16. The van der Waals surface area contributed by atoms with Crippen LogP contribution in [0.5, 0.6) is 0 Å². The van der Waals surface area contributed by atoms with E-state index in [1.807, 2.05) is 24.5 Å². The van der Waals surface area contributed by atoms with Crippen molar-refractivity contribution in [1.29, 1.82) is 0 Å². The lowest BCUT2D eigenvalue weighted by Crippen LogP contribution is -2.19. The van der Waals surface area contributed by atoms with Crippen LogP contribution in [0.2, 0.25) is 0 Å². The third kappa shape index (κ3) is 4.25. The quantitative estimate of drug-likeness (QED) is 0.849. The Morgan fingerprint density at radius 2 is 2.05 bits per heavy atom. The standard InChI is InChI=1S/C16H24N4S/c1-5-8-18-12(2)15-13(3)19-16(21-15)20(4)11-14-6-9-17-10-7-14/h6-7,9-10,12,18H,5,8,11H2,1-4H3. The maximum atomic E-state index is 4.72. The van der Waals surface area contributed by atoms with Gasteiger partial charge in [0, 0.05) is 36.9 Å². The fourth-order valence-corrected chi connectivity index (χ4v) is 3.29. The van der Waals surface area contributed by atoms with E-state index in [2.05, 4.69) is 43.0 Å². The number of pyridine rings is 1. The summed E-state index contributed by atoms with van der Waals surface area (Å²) in [5.41, 5.74) is 2.38. The lowest BCUT2D eigenvalue weighted by atomic mass is 10.2. The number of nitrogens with zero attached hydrogens (tertiary/aromatic N) is 3. The van der Waals surface area contributed by atoms with Crippen molar-refractivity contribution in [1.82, 2.24) is 15.3 Å². The van der Waals surface area contributed by atoms with E-state index >= 15 is 0 Å². The van der Waals surface area contributed by atoms with E-state index in [1.54, 1.807) is 11.3 Å². The van der Waals surface area contributed by atoms with E-state index in [0.29, 0.717) is 6.04 Å². The van der Waals surface area contributed by atoms with E-state index in [9.17, 15) is 0 Å². The Balaban J connectivity index is 2.07. The molecule has 0 amide bonds. The SMILES string of the molecule is CCCNC(C)c1sc(N(C)Cc2ccncc2)nc1C. The molecule has 2 heterocycles. The van der Waals surface area contributed by atoms with Crippen LogP contribution in [0.15, 0.2) is 24.5 Å². The van der Waals surface area contributed by atoms with Gasteiger partial charge in [-0.3, -0.25) is 4.98 Å². The normalized spacial score (nSPS) is 12.4. The van der Waals surface area contributed by atoms with Crippen molar-refractivity contribution in [3.8, 4) is 0 Å². The highest BCUT2D eigenvalue weighted by Crippen LogP contribution is 2.30. The van der Waals surface area contributed by atoms with Gasteiger partial charge in [-0.25, -0.2) is 4.98 Å². The molecule has 1 unspecified atom stereocenters. The fraction of sp³-hybridized carbons (Fsp3) is 0.500. The van der Waals surface area contributed by atoms with Crippen LogP contribution in [0.1, 0.15) is 42.4 Å². The summed E-state index contributed by atoms with van der Waals surface area (Å²) in [5.74, 6) is 0. The number of rotatable bonds is 7. The van der Waals surface area contributed by atoms with Crippen molar-refractivity contribution in [2.45, 2.75) is 39.8 Å². The van der Waals surface area contributed by atoms with Gasteiger partial charge in [0.1, 0.15) is 0 Å². The topological polar surface area (TPSA) is 41.0 Å². The number of hydrogen-bond acceptors (Lipinski definition) is 5. The Morgan fingerprint density at radius 1 is 1.33 bits per heavy atom. The Morgan fingerprint density at radius 3 is 2.71 bits per heavy atom.